The van der Waals surface area contributed by atoms with Gasteiger partial charge in [-0.2, -0.15) is 0 Å². The number of carbonyl (C=O) groups is 1. The molecule has 0 aliphatic rings. The van der Waals surface area contributed by atoms with Gasteiger partial charge in [-0.3, -0.25) is 4.79 Å². The number of nitrogens with zero attached hydrogens (tertiary/aromatic N) is 5. The summed E-state index contributed by atoms with van der Waals surface area (Å²) < 4.78 is 5.83. The third-order valence-electron chi connectivity index (χ3n) is 3.36. The van der Waals surface area contributed by atoms with Crippen molar-refractivity contribution >= 4 is 23.1 Å². The summed E-state index contributed by atoms with van der Waals surface area (Å²) in [6.07, 6.45) is 3.76. The van der Waals surface area contributed by atoms with Crippen LogP contribution in [-0.4, -0.2) is 36.3 Å². The van der Waals surface area contributed by atoms with Crippen LogP contribution in [0.15, 0.2) is 30.6 Å². The summed E-state index contributed by atoms with van der Waals surface area (Å²) in [5, 5.41) is 3.90. The number of amides is 1. The first-order valence-corrected chi connectivity index (χ1v) is 7.47. The van der Waals surface area contributed by atoms with Gasteiger partial charge in [-0.1, -0.05) is 10.6 Å². The Morgan fingerprint density at radius 3 is 3.00 bits per heavy atom. The van der Waals surface area contributed by atoms with Crippen LogP contribution in [0.2, 0.25) is 0 Å². The van der Waals surface area contributed by atoms with Crippen LogP contribution in [-0.2, 0) is 6.54 Å². The number of imidazole rings is 1. The molecule has 3 rings (SSSR count). The molecule has 0 bridgehead atoms. The Kier molecular flexibility index (Phi) is 3.66. The Bertz CT molecular complexity index is 778. The third-order valence-corrected chi connectivity index (χ3v) is 4.18. The van der Waals surface area contributed by atoms with E-state index in [1.807, 2.05) is 41.9 Å². The average molecular weight is 301 g/mol. The van der Waals surface area contributed by atoms with Gasteiger partial charge in [0.05, 0.1) is 24.1 Å². The SMILES string of the molecule is CCN(Cc1cnc2ccccn12)C(=O)c1snnc1C. The molecule has 7 heteroatoms. The van der Waals surface area contributed by atoms with Crippen LogP contribution in [0.4, 0.5) is 0 Å². The number of aryl methyl sites for hydroxylation is 1. The fourth-order valence-corrected chi connectivity index (χ4v) is 2.82. The molecule has 1 amide bonds. The molecule has 108 valence electrons. The highest BCUT2D eigenvalue weighted by Gasteiger charge is 2.20. The van der Waals surface area contributed by atoms with Crippen LogP contribution in [0.5, 0.6) is 0 Å². The average Bonchev–Trinajstić information content (AvgIpc) is 3.10. The van der Waals surface area contributed by atoms with E-state index in [1.165, 1.54) is 0 Å². The van der Waals surface area contributed by atoms with Crippen molar-refractivity contribution in [1.82, 2.24) is 23.9 Å². The summed E-state index contributed by atoms with van der Waals surface area (Å²) in [7, 11) is 0. The molecule has 3 aromatic rings. The molecule has 0 saturated heterocycles. The monoisotopic (exact) mass is 301 g/mol. The lowest BCUT2D eigenvalue weighted by molar-refractivity contribution is 0.0754. The van der Waals surface area contributed by atoms with Crippen LogP contribution < -0.4 is 0 Å². The molecule has 0 saturated carbocycles. The number of rotatable bonds is 4. The van der Waals surface area contributed by atoms with Crippen molar-refractivity contribution in [2.75, 3.05) is 6.54 Å². The van der Waals surface area contributed by atoms with E-state index >= 15 is 0 Å². The molecule has 0 atom stereocenters. The minimum Gasteiger partial charge on any atom is -0.332 e. The molecular formula is C14H15N5OS. The molecule has 0 unspecified atom stereocenters. The third kappa shape index (κ3) is 2.52. The number of carbonyl (C=O) groups excluding carboxylic acids is 1. The molecule has 0 fully saturated rings. The van der Waals surface area contributed by atoms with Gasteiger partial charge >= 0.3 is 0 Å². The van der Waals surface area contributed by atoms with Crippen molar-refractivity contribution in [2.24, 2.45) is 0 Å². The maximum Gasteiger partial charge on any atom is 0.267 e. The number of hydrogen-bond acceptors (Lipinski definition) is 5. The second kappa shape index (κ2) is 5.61. The Morgan fingerprint density at radius 2 is 2.29 bits per heavy atom. The van der Waals surface area contributed by atoms with E-state index in [0.29, 0.717) is 23.7 Å². The lowest BCUT2D eigenvalue weighted by atomic mass is 10.3. The van der Waals surface area contributed by atoms with E-state index in [1.54, 1.807) is 11.8 Å². The molecule has 6 nitrogen and oxygen atoms in total. The van der Waals surface area contributed by atoms with Crippen LogP contribution >= 0.6 is 11.5 Å². The minimum atomic E-state index is -0.0316. The first kappa shape index (κ1) is 13.7. The Hall–Kier alpha value is -2.28. The minimum absolute atomic E-state index is 0.0316. The normalized spacial score (nSPS) is 11.0. The first-order valence-electron chi connectivity index (χ1n) is 6.70. The van der Waals surface area contributed by atoms with Crippen molar-refractivity contribution in [2.45, 2.75) is 20.4 Å². The van der Waals surface area contributed by atoms with Gasteiger partial charge in [-0.05, 0) is 37.5 Å². The van der Waals surface area contributed by atoms with Gasteiger partial charge in [-0.25, -0.2) is 4.98 Å². The zero-order chi connectivity index (χ0) is 14.8. The number of fused-ring (bicyclic) bond motifs is 1. The highest BCUT2D eigenvalue weighted by Crippen LogP contribution is 2.15. The molecule has 3 heterocycles. The Balaban J connectivity index is 1.88. The second-order valence-corrected chi connectivity index (χ2v) is 5.44. The van der Waals surface area contributed by atoms with Crippen LogP contribution in [0.1, 0.15) is 28.0 Å². The molecule has 0 radical (unpaired) electrons. The van der Waals surface area contributed by atoms with Crippen molar-refractivity contribution in [3.63, 3.8) is 0 Å². The lowest BCUT2D eigenvalue weighted by Gasteiger charge is -2.19. The quantitative estimate of drug-likeness (QED) is 0.741. The molecule has 21 heavy (non-hydrogen) atoms. The van der Waals surface area contributed by atoms with Crippen LogP contribution in [0, 0.1) is 6.92 Å². The molecule has 0 N–H and O–H groups in total. The van der Waals surface area contributed by atoms with E-state index in [4.69, 9.17) is 0 Å². The summed E-state index contributed by atoms with van der Waals surface area (Å²) in [6.45, 7) is 4.90. The molecule has 0 spiro atoms. The van der Waals surface area contributed by atoms with Crippen LogP contribution in [0.25, 0.3) is 5.65 Å². The van der Waals surface area contributed by atoms with Gasteiger partial charge in [0.15, 0.2) is 0 Å². The van der Waals surface area contributed by atoms with E-state index in [-0.39, 0.29) is 5.91 Å². The molecule has 3 aromatic heterocycles. The summed E-state index contributed by atoms with van der Waals surface area (Å²) in [6, 6.07) is 5.84. The van der Waals surface area contributed by atoms with E-state index in [0.717, 1.165) is 22.9 Å². The zero-order valence-electron chi connectivity index (χ0n) is 11.9. The van der Waals surface area contributed by atoms with Gasteiger partial charge in [-0.15, -0.1) is 5.10 Å². The largest absolute Gasteiger partial charge is 0.332 e. The maximum absolute atomic E-state index is 12.5. The zero-order valence-corrected chi connectivity index (χ0v) is 12.7. The maximum atomic E-state index is 12.5. The van der Waals surface area contributed by atoms with Gasteiger partial charge in [0.2, 0.25) is 0 Å². The number of aromatic nitrogens is 4. The van der Waals surface area contributed by atoms with Crippen LogP contribution in [0.3, 0.4) is 0 Å². The Labute approximate surface area is 126 Å². The van der Waals surface area contributed by atoms with E-state index < -0.39 is 0 Å². The lowest BCUT2D eigenvalue weighted by Crippen LogP contribution is -2.30. The standard InChI is InChI=1S/C14H15N5OS/c1-3-18(14(20)13-10(2)16-17-21-13)9-11-8-15-12-6-4-5-7-19(11)12/h4-8H,3,9H2,1-2H3. The van der Waals surface area contributed by atoms with E-state index in [2.05, 4.69) is 14.6 Å². The molecule has 0 aliphatic heterocycles. The van der Waals surface area contributed by atoms with Gasteiger partial charge in [0, 0.05) is 12.7 Å². The first-order chi connectivity index (χ1) is 10.2. The molecular weight excluding hydrogens is 286 g/mol. The summed E-state index contributed by atoms with van der Waals surface area (Å²) in [4.78, 5) is 19.3. The molecule has 0 aromatic carbocycles. The Morgan fingerprint density at radius 1 is 1.43 bits per heavy atom. The highest BCUT2D eigenvalue weighted by molar-refractivity contribution is 7.07. The summed E-state index contributed by atoms with van der Waals surface area (Å²) in [5.74, 6) is -0.0316. The number of pyridine rings is 1. The second-order valence-electron chi connectivity index (χ2n) is 4.69. The summed E-state index contributed by atoms with van der Waals surface area (Å²) in [5.41, 5.74) is 2.55. The molecule has 0 aliphatic carbocycles. The van der Waals surface area contributed by atoms with Gasteiger partial charge in [0.25, 0.3) is 5.91 Å². The van der Waals surface area contributed by atoms with Gasteiger partial charge < -0.3 is 9.30 Å². The fourth-order valence-electron chi connectivity index (χ4n) is 2.20. The van der Waals surface area contributed by atoms with E-state index in [9.17, 15) is 4.79 Å². The van der Waals surface area contributed by atoms with Crippen molar-refractivity contribution < 1.29 is 4.79 Å². The number of hydrogen-bond donors (Lipinski definition) is 0. The summed E-state index contributed by atoms with van der Waals surface area (Å²) >= 11 is 1.14. The van der Waals surface area contributed by atoms with Crippen molar-refractivity contribution in [1.29, 1.82) is 0 Å². The van der Waals surface area contributed by atoms with Gasteiger partial charge in [0.1, 0.15) is 10.5 Å². The predicted molar refractivity (Wildman–Crippen MR) is 80.3 cm³/mol. The smallest absolute Gasteiger partial charge is 0.267 e. The van der Waals surface area contributed by atoms with Crippen molar-refractivity contribution in [3.05, 3.63) is 46.9 Å². The van der Waals surface area contributed by atoms with Crippen molar-refractivity contribution in [3.8, 4) is 0 Å². The fraction of sp³-hybridized carbons (Fsp3) is 0.286. The predicted octanol–water partition coefficient (Wildman–Crippen LogP) is 2.16. The topological polar surface area (TPSA) is 63.4 Å². The highest BCUT2D eigenvalue weighted by atomic mass is 32.1.